The van der Waals surface area contributed by atoms with E-state index < -0.39 is 0 Å². The molecule has 0 aliphatic heterocycles. The lowest BCUT2D eigenvalue weighted by Crippen LogP contribution is -2.23. The van der Waals surface area contributed by atoms with E-state index in [0.717, 1.165) is 17.9 Å². The maximum Gasteiger partial charge on any atom is 0.00683 e. The van der Waals surface area contributed by atoms with E-state index in [1.165, 1.54) is 38.6 Å². The summed E-state index contributed by atoms with van der Waals surface area (Å²) in [5.74, 6) is 2.01. The quantitative estimate of drug-likeness (QED) is 0.655. The van der Waals surface area contributed by atoms with Crippen LogP contribution in [-0.4, -0.2) is 12.6 Å². The van der Waals surface area contributed by atoms with E-state index in [1.807, 2.05) is 0 Å². The van der Waals surface area contributed by atoms with Crippen LogP contribution in [0.1, 0.15) is 39.0 Å². The molecule has 0 radical (unpaired) electrons. The number of hydrogen-bond acceptors (Lipinski definition) is 1. The van der Waals surface area contributed by atoms with Gasteiger partial charge in [0.1, 0.15) is 0 Å². The van der Waals surface area contributed by atoms with Crippen LogP contribution in [0, 0.1) is 11.8 Å². The fourth-order valence-corrected chi connectivity index (χ4v) is 2.13. The molecule has 1 heteroatoms. The first kappa shape index (κ1) is 7.60. The highest BCUT2D eigenvalue weighted by atomic mass is 14.9. The van der Waals surface area contributed by atoms with Crippen LogP contribution >= 0.6 is 0 Å². The van der Waals surface area contributed by atoms with Crippen LogP contribution in [0.3, 0.4) is 0 Å². The first-order valence-electron chi connectivity index (χ1n) is 5.08. The second-order valence-corrected chi connectivity index (χ2v) is 4.47. The summed E-state index contributed by atoms with van der Waals surface area (Å²) in [5.41, 5.74) is 0. The van der Waals surface area contributed by atoms with Crippen LogP contribution in [0.4, 0.5) is 0 Å². The summed E-state index contributed by atoms with van der Waals surface area (Å²) in [7, 11) is 0. The Morgan fingerprint density at radius 1 is 1.18 bits per heavy atom. The summed E-state index contributed by atoms with van der Waals surface area (Å²) in [5, 5.41) is 3.62. The predicted octanol–water partition coefficient (Wildman–Crippen LogP) is 2.17. The summed E-state index contributed by atoms with van der Waals surface area (Å²) < 4.78 is 0. The van der Waals surface area contributed by atoms with E-state index in [0.29, 0.717) is 0 Å². The Kier molecular flexibility index (Phi) is 2.17. The maximum absolute atomic E-state index is 3.62. The van der Waals surface area contributed by atoms with Gasteiger partial charge in [0.25, 0.3) is 0 Å². The summed E-state index contributed by atoms with van der Waals surface area (Å²) in [6, 6.07) is 0.908. The van der Waals surface area contributed by atoms with Crippen LogP contribution in [-0.2, 0) is 0 Å². The average molecular weight is 153 g/mol. The van der Waals surface area contributed by atoms with E-state index in [4.69, 9.17) is 0 Å². The standard InChI is InChI=1S/C10H19N/c1-8-2-3-9(6-8)7-11-10-4-5-10/h8-11H,2-7H2,1H3. The molecule has 2 aliphatic carbocycles. The van der Waals surface area contributed by atoms with E-state index >= 15 is 0 Å². The largest absolute Gasteiger partial charge is 0.314 e. The SMILES string of the molecule is CC1CCC(CNC2CC2)C1. The lowest BCUT2D eigenvalue weighted by Gasteiger charge is -2.09. The molecule has 0 amide bonds. The molecule has 0 heterocycles. The molecule has 0 saturated heterocycles. The molecule has 2 atom stereocenters. The molecule has 2 rings (SSSR count). The normalized spacial score (nSPS) is 37.9. The van der Waals surface area contributed by atoms with Gasteiger partial charge in [0.15, 0.2) is 0 Å². The van der Waals surface area contributed by atoms with Gasteiger partial charge in [0.05, 0.1) is 0 Å². The number of rotatable bonds is 3. The molecule has 1 nitrogen and oxygen atoms in total. The van der Waals surface area contributed by atoms with E-state index in [1.54, 1.807) is 0 Å². The Balaban J connectivity index is 1.62. The highest BCUT2D eigenvalue weighted by molar-refractivity contribution is 4.83. The highest BCUT2D eigenvalue weighted by Gasteiger charge is 2.25. The van der Waals surface area contributed by atoms with Gasteiger partial charge in [-0.05, 0) is 44.1 Å². The molecule has 2 saturated carbocycles. The summed E-state index contributed by atoms with van der Waals surface area (Å²) in [6.07, 6.45) is 7.28. The first-order chi connectivity index (χ1) is 5.34. The molecule has 2 unspecified atom stereocenters. The molecule has 1 N–H and O–H groups in total. The molecule has 0 aromatic carbocycles. The number of hydrogen-bond donors (Lipinski definition) is 1. The highest BCUT2D eigenvalue weighted by Crippen LogP contribution is 2.30. The van der Waals surface area contributed by atoms with E-state index in [-0.39, 0.29) is 0 Å². The van der Waals surface area contributed by atoms with Crippen LogP contribution in [0.15, 0.2) is 0 Å². The average Bonchev–Trinajstić information content (AvgIpc) is 2.72. The van der Waals surface area contributed by atoms with Crippen molar-refractivity contribution in [3.63, 3.8) is 0 Å². The molecule has 2 aliphatic rings. The van der Waals surface area contributed by atoms with Crippen molar-refractivity contribution >= 4 is 0 Å². The van der Waals surface area contributed by atoms with Crippen molar-refractivity contribution < 1.29 is 0 Å². The second-order valence-electron chi connectivity index (χ2n) is 4.47. The van der Waals surface area contributed by atoms with Crippen molar-refractivity contribution in [1.29, 1.82) is 0 Å². The van der Waals surface area contributed by atoms with Gasteiger partial charge in [-0.3, -0.25) is 0 Å². The third-order valence-corrected chi connectivity index (χ3v) is 3.08. The topological polar surface area (TPSA) is 12.0 Å². The van der Waals surface area contributed by atoms with Gasteiger partial charge in [-0.1, -0.05) is 13.3 Å². The molecule has 0 aromatic rings. The Bertz CT molecular complexity index is 129. The van der Waals surface area contributed by atoms with Crippen molar-refractivity contribution in [3.8, 4) is 0 Å². The van der Waals surface area contributed by atoms with Crippen molar-refractivity contribution in [1.82, 2.24) is 5.32 Å². The van der Waals surface area contributed by atoms with Gasteiger partial charge in [0, 0.05) is 6.04 Å². The zero-order valence-electron chi connectivity index (χ0n) is 7.47. The summed E-state index contributed by atoms with van der Waals surface area (Å²) >= 11 is 0. The van der Waals surface area contributed by atoms with Crippen molar-refractivity contribution in [2.75, 3.05) is 6.54 Å². The predicted molar refractivity (Wildman–Crippen MR) is 47.5 cm³/mol. The Hall–Kier alpha value is -0.0400. The van der Waals surface area contributed by atoms with Crippen LogP contribution < -0.4 is 5.32 Å². The third-order valence-electron chi connectivity index (χ3n) is 3.08. The molecule has 0 bridgehead atoms. The van der Waals surface area contributed by atoms with Gasteiger partial charge < -0.3 is 5.32 Å². The van der Waals surface area contributed by atoms with E-state index in [2.05, 4.69) is 12.2 Å². The summed E-state index contributed by atoms with van der Waals surface area (Å²) in [6.45, 7) is 3.69. The van der Waals surface area contributed by atoms with Gasteiger partial charge in [-0.2, -0.15) is 0 Å². The molecule has 2 fully saturated rings. The Labute approximate surface area is 69.6 Å². The molecular formula is C10H19N. The van der Waals surface area contributed by atoms with Crippen molar-refractivity contribution in [3.05, 3.63) is 0 Å². The first-order valence-corrected chi connectivity index (χ1v) is 5.08. The minimum absolute atomic E-state index is 0.908. The van der Waals surface area contributed by atoms with Gasteiger partial charge in [0.2, 0.25) is 0 Å². The Morgan fingerprint density at radius 3 is 2.55 bits per heavy atom. The zero-order valence-corrected chi connectivity index (χ0v) is 7.47. The van der Waals surface area contributed by atoms with Crippen molar-refractivity contribution in [2.24, 2.45) is 11.8 Å². The minimum atomic E-state index is 0.908. The third kappa shape index (κ3) is 2.19. The Morgan fingerprint density at radius 2 is 2.00 bits per heavy atom. The lowest BCUT2D eigenvalue weighted by atomic mass is 10.1. The fraction of sp³-hybridized carbons (Fsp3) is 1.00. The molecule has 0 spiro atoms. The van der Waals surface area contributed by atoms with Gasteiger partial charge in [-0.25, -0.2) is 0 Å². The molecular weight excluding hydrogens is 134 g/mol. The smallest absolute Gasteiger partial charge is 0.00683 e. The van der Waals surface area contributed by atoms with Crippen LogP contribution in [0.5, 0.6) is 0 Å². The minimum Gasteiger partial charge on any atom is -0.314 e. The van der Waals surface area contributed by atoms with Gasteiger partial charge >= 0.3 is 0 Å². The van der Waals surface area contributed by atoms with Crippen molar-refractivity contribution in [2.45, 2.75) is 45.1 Å². The fourth-order valence-electron chi connectivity index (χ4n) is 2.13. The maximum atomic E-state index is 3.62. The monoisotopic (exact) mass is 153 g/mol. The van der Waals surface area contributed by atoms with Gasteiger partial charge in [-0.15, -0.1) is 0 Å². The van der Waals surface area contributed by atoms with E-state index in [9.17, 15) is 0 Å². The molecule has 11 heavy (non-hydrogen) atoms. The van der Waals surface area contributed by atoms with Crippen LogP contribution in [0.25, 0.3) is 0 Å². The summed E-state index contributed by atoms with van der Waals surface area (Å²) in [4.78, 5) is 0. The molecule has 0 aromatic heterocycles. The molecule has 64 valence electrons. The second kappa shape index (κ2) is 3.14. The van der Waals surface area contributed by atoms with Crippen LogP contribution in [0.2, 0.25) is 0 Å². The zero-order chi connectivity index (χ0) is 7.68. The number of nitrogens with one attached hydrogen (secondary N) is 1. The lowest BCUT2D eigenvalue weighted by molar-refractivity contribution is 0.469.